The van der Waals surface area contributed by atoms with Crippen molar-refractivity contribution in [1.29, 1.82) is 0 Å². The number of aryl methyl sites for hydroxylation is 1. The van der Waals surface area contributed by atoms with Gasteiger partial charge in [-0.05, 0) is 36.2 Å². The molecule has 1 N–H and O–H groups in total. The second-order valence-electron chi connectivity index (χ2n) is 6.14. The summed E-state index contributed by atoms with van der Waals surface area (Å²) in [6.45, 7) is 2.08. The molecule has 8 heteroatoms. The Morgan fingerprint density at radius 1 is 1.22 bits per heavy atom. The van der Waals surface area contributed by atoms with Gasteiger partial charge in [0.25, 0.3) is 0 Å². The summed E-state index contributed by atoms with van der Waals surface area (Å²) in [6.07, 6.45) is -1.59. The van der Waals surface area contributed by atoms with Gasteiger partial charge < -0.3 is 15.0 Å². The van der Waals surface area contributed by atoms with Crippen LogP contribution >= 0.6 is 0 Å². The summed E-state index contributed by atoms with van der Waals surface area (Å²) >= 11 is 0. The van der Waals surface area contributed by atoms with Crippen LogP contribution in [-0.4, -0.2) is 36.6 Å². The number of aromatic nitrogens is 1. The Balaban J connectivity index is 2.09. The Bertz CT molecular complexity index is 775. The third kappa shape index (κ3) is 5.87. The molecule has 1 aromatic carbocycles. The molecule has 0 radical (unpaired) electrons. The Morgan fingerprint density at radius 3 is 2.52 bits per heavy atom. The van der Waals surface area contributed by atoms with E-state index >= 15 is 0 Å². The molecule has 0 aliphatic rings. The van der Waals surface area contributed by atoms with Crippen LogP contribution in [0.25, 0.3) is 0 Å². The monoisotopic (exact) mass is 381 g/mol. The molecule has 2 rings (SSSR count). The predicted molar refractivity (Wildman–Crippen MR) is 97.0 cm³/mol. The van der Waals surface area contributed by atoms with Gasteiger partial charge in [-0.25, -0.2) is 4.79 Å². The molecule has 146 valence electrons. The smallest absolute Gasteiger partial charge is 0.420 e. The number of anilines is 1. The largest absolute Gasteiger partial charge is 0.493 e. The van der Waals surface area contributed by atoms with Crippen LogP contribution in [0, 0.1) is 0 Å². The lowest BCUT2D eigenvalue weighted by atomic mass is 10.1. The molecule has 27 heavy (non-hydrogen) atoms. The number of benzene rings is 1. The minimum Gasteiger partial charge on any atom is -0.493 e. The molecule has 0 fully saturated rings. The molecule has 1 aromatic heterocycles. The zero-order valence-electron chi connectivity index (χ0n) is 15.4. The van der Waals surface area contributed by atoms with Gasteiger partial charge in [0, 0.05) is 38.1 Å². The predicted octanol–water partition coefficient (Wildman–Crippen LogP) is 4.38. The Labute approximate surface area is 156 Å². The van der Waals surface area contributed by atoms with Crippen molar-refractivity contribution in [2.45, 2.75) is 25.9 Å². The molecule has 2 amide bonds. The molecule has 5 nitrogen and oxygen atoms in total. The standard InChI is InChI=1S/C19H22F3N3O2/c1-4-13-5-6-14(23-12-13)9-10-27-17-8-7-15(24-18(26)25(2)3)11-16(17)19(20,21)22/h5-8,11-12H,4,9-10H2,1-3H3,(H,24,26). The van der Waals surface area contributed by atoms with Crippen LogP contribution < -0.4 is 10.1 Å². The average molecular weight is 381 g/mol. The summed E-state index contributed by atoms with van der Waals surface area (Å²) in [4.78, 5) is 17.1. The number of carbonyl (C=O) groups is 1. The number of urea groups is 1. The number of carbonyl (C=O) groups excluding carboxylic acids is 1. The number of hydrogen-bond donors (Lipinski definition) is 1. The van der Waals surface area contributed by atoms with Crippen molar-refractivity contribution in [3.63, 3.8) is 0 Å². The van der Waals surface area contributed by atoms with Crippen molar-refractivity contribution in [2.75, 3.05) is 26.0 Å². The fourth-order valence-electron chi connectivity index (χ4n) is 2.27. The molecule has 0 saturated carbocycles. The number of rotatable bonds is 6. The first-order chi connectivity index (χ1) is 12.7. The average Bonchev–Trinajstić information content (AvgIpc) is 2.62. The van der Waals surface area contributed by atoms with Crippen LogP contribution in [-0.2, 0) is 19.0 Å². The first-order valence-corrected chi connectivity index (χ1v) is 8.47. The fraction of sp³-hybridized carbons (Fsp3) is 0.368. The molecule has 0 spiro atoms. The highest BCUT2D eigenvalue weighted by Crippen LogP contribution is 2.38. The van der Waals surface area contributed by atoms with Crippen LogP contribution in [0.3, 0.4) is 0 Å². The summed E-state index contributed by atoms with van der Waals surface area (Å²) in [5.74, 6) is -0.282. The minimum absolute atomic E-state index is 0.0465. The van der Waals surface area contributed by atoms with Crippen LogP contribution in [0.5, 0.6) is 5.75 Å². The van der Waals surface area contributed by atoms with E-state index in [0.29, 0.717) is 6.42 Å². The highest BCUT2D eigenvalue weighted by Gasteiger charge is 2.35. The van der Waals surface area contributed by atoms with Crippen LogP contribution in [0.4, 0.5) is 23.7 Å². The molecule has 0 aliphatic heterocycles. The third-order valence-electron chi connectivity index (χ3n) is 3.85. The van der Waals surface area contributed by atoms with Gasteiger partial charge in [0.15, 0.2) is 0 Å². The fourth-order valence-corrected chi connectivity index (χ4v) is 2.27. The van der Waals surface area contributed by atoms with Crippen molar-refractivity contribution < 1.29 is 22.7 Å². The second kappa shape index (κ2) is 8.75. The highest BCUT2D eigenvalue weighted by molar-refractivity contribution is 5.89. The molecule has 0 saturated heterocycles. The van der Waals surface area contributed by atoms with Crippen molar-refractivity contribution in [1.82, 2.24) is 9.88 Å². The van der Waals surface area contributed by atoms with E-state index in [1.807, 2.05) is 19.1 Å². The van der Waals surface area contributed by atoms with Crippen molar-refractivity contribution in [3.05, 3.63) is 53.3 Å². The van der Waals surface area contributed by atoms with Crippen molar-refractivity contribution in [3.8, 4) is 5.75 Å². The first-order valence-electron chi connectivity index (χ1n) is 8.47. The molecule has 1 heterocycles. The van der Waals surface area contributed by atoms with Crippen LogP contribution in [0.1, 0.15) is 23.7 Å². The van der Waals surface area contributed by atoms with Gasteiger partial charge in [-0.1, -0.05) is 13.0 Å². The Hall–Kier alpha value is -2.77. The number of amides is 2. The topological polar surface area (TPSA) is 54.5 Å². The number of nitrogens with zero attached hydrogens (tertiary/aromatic N) is 2. The molecule has 0 unspecified atom stereocenters. The maximum Gasteiger partial charge on any atom is 0.420 e. The van der Waals surface area contributed by atoms with Crippen molar-refractivity contribution in [2.24, 2.45) is 0 Å². The minimum atomic E-state index is -4.60. The lowest BCUT2D eigenvalue weighted by Crippen LogP contribution is -2.27. The molecule has 0 atom stereocenters. The lowest BCUT2D eigenvalue weighted by molar-refractivity contribution is -0.138. The van der Waals surface area contributed by atoms with Gasteiger partial charge in [-0.3, -0.25) is 4.98 Å². The Kier molecular flexibility index (Phi) is 6.65. The number of alkyl halides is 3. The van der Waals surface area contributed by atoms with E-state index < -0.39 is 17.8 Å². The summed E-state index contributed by atoms with van der Waals surface area (Å²) < 4.78 is 45.4. The zero-order chi connectivity index (χ0) is 20.0. The van der Waals surface area contributed by atoms with Gasteiger partial charge in [0.1, 0.15) is 5.75 Å². The van der Waals surface area contributed by atoms with Crippen LogP contribution in [0.2, 0.25) is 0 Å². The SMILES string of the molecule is CCc1ccc(CCOc2ccc(NC(=O)N(C)C)cc2C(F)(F)F)nc1. The van der Waals surface area contributed by atoms with Gasteiger partial charge in [-0.15, -0.1) is 0 Å². The normalized spacial score (nSPS) is 11.2. The summed E-state index contributed by atoms with van der Waals surface area (Å²) in [6, 6.07) is 6.71. The van der Waals surface area contributed by atoms with E-state index in [2.05, 4.69) is 10.3 Å². The lowest BCUT2D eigenvalue weighted by Gasteiger charge is -2.17. The van der Waals surface area contributed by atoms with Crippen LogP contribution in [0.15, 0.2) is 36.5 Å². The quantitative estimate of drug-likeness (QED) is 0.808. The number of halogens is 3. The highest BCUT2D eigenvalue weighted by atomic mass is 19.4. The second-order valence-corrected chi connectivity index (χ2v) is 6.14. The van der Waals surface area contributed by atoms with E-state index in [1.165, 1.54) is 31.1 Å². The first kappa shape index (κ1) is 20.5. The Morgan fingerprint density at radius 2 is 1.96 bits per heavy atom. The van der Waals surface area contributed by atoms with Gasteiger partial charge in [0.2, 0.25) is 0 Å². The third-order valence-corrected chi connectivity index (χ3v) is 3.85. The molecular formula is C19H22F3N3O2. The molecular weight excluding hydrogens is 359 g/mol. The van der Waals surface area contributed by atoms with Crippen molar-refractivity contribution >= 4 is 11.7 Å². The van der Waals surface area contributed by atoms with E-state index in [4.69, 9.17) is 4.74 Å². The number of pyridine rings is 1. The van der Waals surface area contributed by atoms with Gasteiger partial charge in [-0.2, -0.15) is 13.2 Å². The maximum atomic E-state index is 13.3. The molecule has 0 aliphatic carbocycles. The number of ether oxygens (including phenoxy) is 1. The number of hydrogen-bond acceptors (Lipinski definition) is 3. The number of nitrogens with one attached hydrogen (secondary N) is 1. The maximum absolute atomic E-state index is 13.3. The zero-order valence-corrected chi connectivity index (χ0v) is 15.4. The van der Waals surface area contributed by atoms with E-state index in [0.717, 1.165) is 23.7 Å². The van der Waals surface area contributed by atoms with Gasteiger partial charge >= 0.3 is 12.2 Å². The summed E-state index contributed by atoms with van der Waals surface area (Å²) in [5, 5.41) is 2.40. The molecule has 0 bridgehead atoms. The summed E-state index contributed by atoms with van der Waals surface area (Å²) in [7, 11) is 3.00. The molecule has 2 aromatic rings. The van der Waals surface area contributed by atoms with E-state index in [-0.39, 0.29) is 18.0 Å². The summed E-state index contributed by atoms with van der Waals surface area (Å²) in [5.41, 5.74) is 0.948. The van der Waals surface area contributed by atoms with E-state index in [1.54, 1.807) is 6.20 Å². The van der Waals surface area contributed by atoms with Gasteiger partial charge in [0.05, 0.1) is 12.2 Å². The van der Waals surface area contributed by atoms with E-state index in [9.17, 15) is 18.0 Å².